The minimum atomic E-state index is -0.124. The fourth-order valence-corrected chi connectivity index (χ4v) is 10.7. The molecule has 2 aromatic heterocycles. The third kappa shape index (κ3) is 5.41. The molecule has 1 aliphatic carbocycles. The fourth-order valence-electron chi connectivity index (χ4n) is 10.7. The number of benzene rings is 10. The first-order chi connectivity index (χ1) is 31.5. The highest BCUT2D eigenvalue weighted by molar-refractivity contribution is 6.14. The molecule has 3 heteroatoms. The van der Waals surface area contributed by atoms with E-state index >= 15 is 0 Å². The van der Waals surface area contributed by atoms with Gasteiger partial charge in [0.25, 0.3) is 0 Å². The van der Waals surface area contributed by atoms with Crippen LogP contribution in [0, 0.1) is 0 Å². The lowest BCUT2D eigenvalue weighted by Crippen LogP contribution is -2.15. The SMILES string of the molecule is CC1(C)c2ccccc2-c2ccc(-c3ccccc3N(c3ccc4ccccc4c3)c3cc(-c4ccccc4-n4c5ccccc5c5ccccc54)c4oc5ccccc5c4c3)cc21. The molecule has 0 fully saturated rings. The van der Waals surface area contributed by atoms with Crippen LogP contribution in [0.15, 0.2) is 223 Å². The number of nitrogens with zero attached hydrogens (tertiary/aromatic N) is 2. The summed E-state index contributed by atoms with van der Waals surface area (Å²) in [7, 11) is 0. The zero-order valence-corrected chi connectivity index (χ0v) is 35.6. The normalized spacial score (nSPS) is 13.0. The summed E-state index contributed by atoms with van der Waals surface area (Å²) in [5.41, 5.74) is 18.1. The molecule has 302 valence electrons. The molecule has 3 nitrogen and oxygen atoms in total. The van der Waals surface area contributed by atoms with Crippen molar-refractivity contribution >= 4 is 71.6 Å². The van der Waals surface area contributed by atoms with Crippen LogP contribution in [0.5, 0.6) is 0 Å². The van der Waals surface area contributed by atoms with Gasteiger partial charge in [0.2, 0.25) is 0 Å². The summed E-state index contributed by atoms with van der Waals surface area (Å²) in [6.07, 6.45) is 0. The highest BCUT2D eigenvalue weighted by Gasteiger charge is 2.35. The van der Waals surface area contributed by atoms with Crippen molar-refractivity contribution in [3.8, 4) is 39.1 Å². The second kappa shape index (κ2) is 13.9. The zero-order chi connectivity index (χ0) is 42.5. The summed E-state index contributed by atoms with van der Waals surface area (Å²) in [5.74, 6) is 0. The van der Waals surface area contributed by atoms with Gasteiger partial charge in [0.1, 0.15) is 11.2 Å². The van der Waals surface area contributed by atoms with Crippen molar-refractivity contribution in [2.75, 3.05) is 4.90 Å². The van der Waals surface area contributed by atoms with Crippen molar-refractivity contribution in [3.63, 3.8) is 0 Å². The van der Waals surface area contributed by atoms with Gasteiger partial charge in [0, 0.05) is 55.0 Å². The Morgan fingerprint density at radius 1 is 0.406 bits per heavy atom. The lowest BCUT2D eigenvalue weighted by molar-refractivity contribution is 0.660. The average Bonchev–Trinajstić information content (AvgIpc) is 3.97. The summed E-state index contributed by atoms with van der Waals surface area (Å²) in [6.45, 7) is 4.72. The molecule has 0 saturated heterocycles. The molecule has 2 heterocycles. The van der Waals surface area contributed by atoms with Crippen LogP contribution >= 0.6 is 0 Å². The minimum Gasteiger partial charge on any atom is -0.455 e. The molecule has 13 rings (SSSR count). The van der Waals surface area contributed by atoms with E-state index in [1.165, 1.54) is 60.4 Å². The molecule has 64 heavy (non-hydrogen) atoms. The van der Waals surface area contributed by atoms with Crippen LogP contribution in [0.25, 0.3) is 93.6 Å². The van der Waals surface area contributed by atoms with E-state index in [4.69, 9.17) is 4.42 Å². The summed E-state index contributed by atoms with van der Waals surface area (Å²) >= 11 is 0. The number of aromatic nitrogens is 1. The molecular formula is C61H42N2O. The lowest BCUT2D eigenvalue weighted by Gasteiger charge is -2.29. The predicted molar refractivity (Wildman–Crippen MR) is 269 cm³/mol. The first-order valence-electron chi connectivity index (χ1n) is 22.2. The van der Waals surface area contributed by atoms with Crippen molar-refractivity contribution in [1.82, 2.24) is 4.57 Å². The Morgan fingerprint density at radius 2 is 1.03 bits per heavy atom. The minimum absolute atomic E-state index is 0.124. The maximum Gasteiger partial charge on any atom is 0.143 e. The molecule has 0 N–H and O–H groups in total. The molecule has 0 spiro atoms. The molecule has 10 aromatic carbocycles. The first kappa shape index (κ1) is 36.5. The summed E-state index contributed by atoms with van der Waals surface area (Å²) in [5, 5.41) is 7.01. The fraction of sp³-hybridized carbons (Fsp3) is 0.0492. The van der Waals surface area contributed by atoms with Gasteiger partial charge in [-0.1, -0.05) is 172 Å². The predicted octanol–water partition coefficient (Wildman–Crippen LogP) is 16.9. The van der Waals surface area contributed by atoms with Gasteiger partial charge in [-0.2, -0.15) is 0 Å². The highest BCUT2D eigenvalue weighted by atomic mass is 16.3. The quantitative estimate of drug-likeness (QED) is 0.167. The van der Waals surface area contributed by atoms with Gasteiger partial charge < -0.3 is 13.9 Å². The van der Waals surface area contributed by atoms with Crippen molar-refractivity contribution < 1.29 is 4.42 Å². The van der Waals surface area contributed by atoms with Crippen LogP contribution < -0.4 is 4.90 Å². The van der Waals surface area contributed by atoms with E-state index in [0.29, 0.717) is 0 Å². The van der Waals surface area contributed by atoms with Gasteiger partial charge >= 0.3 is 0 Å². The molecule has 0 bridgehead atoms. The largest absolute Gasteiger partial charge is 0.455 e. The third-order valence-electron chi connectivity index (χ3n) is 13.8. The lowest BCUT2D eigenvalue weighted by atomic mass is 9.81. The van der Waals surface area contributed by atoms with Crippen molar-refractivity contribution in [2.45, 2.75) is 19.3 Å². The maximum atomic E-state index is 6.94. The molecule has 12 aromatic rings. The van der Waals surface area contributed by atoms with Crippen LogP contribution in [0.2, 0.25) is 0 Å². The number of hydrogen-bond donors (Lipinski definition) is 0. The van der Waals surface area contributed by atoms with Gasteiger partial charge in [-0.3, -0.25) is 0 Å². The third-order valence-corrected chi connectivity index (χ3v) is 13.8. The Balaban J connectivity index is 1.09. The monoisotopic (exact) mass is 818 g/mol. The Bertz CT molecular complexity index is 3790. The first-order valence-corrected chi connectivity index (χ1v) is 22.2. The number of furan rings is 1. The van der Waals surface area contributed by atoms with E-state index in [2.05, 4.69) is 242 Å². The van der Waals surface area contributed by atoms with E-state index in [1.54, 1.807) is 0 Å². The number of rotatable bonds is 6. The van der Waals surface area contributed by atoms with Gasteiger partial charge in [-0.15, -0.1) is 0 Å². The summed E-state index contributed by atoms with van der Waals surface area (Å²) < 4.78 is 9.37. The molecule has 0 atom stereocenters. The Kier molecular flexibility index (Phi) is 7.95. The molecule has 0 aliphatic heterocycles. The number of fused-ring (bicyclic) bond motifs is 10. The van der Waals surface area contributed by atoms with Crippen molar-refractivity contribution in [3.05, 3.63) is 230 Å². The van der Waals surface area contributed by atoms with E-state index in [1.807, 2.05) is 0 Å². The van der Waals surface area contributed by atoms with E-state index in [0.717, 1.165) is 61.4 Å². The highest BCUT2D eigenvalue weighted by Crippen LogP contribution is 2.52. The van der Waals surface area contributed by atoms with Crippen LogP contribution in [-0.4, -0.2) is 4.57 Å². The van der Waals surface area contributed by atoms with E-state index < -0.39 is 0 Å². The van der Waals surface area contributed by atoms with Gasteiger partial charge in [0.05, 0.1) is 22.4 Å². The molecule has 0 amide bonds. The maximum absolute atomic E-state index is 6.94. The Hall–Kier alpha value is -8.14. The number of anilines is 3. The Morgan fingerprint density at radius 3 is 1.84 bits per heavy atom. The van der Waals surface area contributed by atoms with Crippen molar-refractivity contribution in [2.24, 2.45) is 0 Å². The molecule has 0 saturated carbocycles. The van der Waals surface area contributed by atoms with Crippen LogP contribution in [0.1, 0.15) is 25.0 Å². The Labute approximate surface area is 371 Å². The second-order valence-corrected chi connectivity index (χ2v) is 17.7. The van der Waals surface area contributed by atoms with Crippen LogP contribution in [0.3, 0.4) is 0 Å². The van der Waals surface area contributed by atoms with Gasteiger partial charge in [-0.25, -0.2) is 0 Å². The molecule has 0 radical (unpaired) electrons. The van der Waals surface area contributed by atoms with E-state index in [9.17, 15) is 0 Å². The second-order valence-electron chi connectivity index (χ2n) is 17.7. The van der Waals surface area contributed by atoms with Crippen LogP contribution in [-0.2, 0) is 5.41 Å². The van der Waals surface area contributed by atoms with Crippen LogP contribution in [0.4, 0.5) is 17.1 Å². The molecular weight excluding hydrogens is 777 g/mol. The average molecular weight is 819 g/mol. The standard InChI is InChI=1S/C61H42N2O/c1-61(2)53-25-11-5-20-45(53)46-34-32-41(36-54(46)61)44-19-6-12-26-55(44)62(42-33-31-39-17-3-4-18-40(39)35-42)43-37-51(60-52(38-43)50-24-10-16-30-59(50)64-60)49-23-9-15-29-58(49)63-56-27-13-7-21-47(56)48-22-8-14-28-57(48)63/h3-38H,1-2H3. The van der Waals surface area contributed by atoms with Crippen molar-refractivity contribution in [1.29, 1.82) is 0 Å². The smallest absolute Gasteiger partial charge is 0.143 e. The zero-order valence-electron chi connectivity index (χ0n) is 35.6. The van der Waals surface area contributed by atoms with Gasteiger partial charge in [-0.05, 0) is 99.3 Å². The molecule has 1 aliphatic rings. The number of para-hydroxylation sites is 5. The van der Waals surface area contributed by atoms with Gasteiger partial charge in [0.15, 0.2) is 0 Å². The molecule has 0 unspecified atom stereocenters. The number of hydrogen-bond acceptors (Lipinski definition) is 2. The summed E-state index contributed by atoms with van der Waals surface area (Å²) in [6, 6.07) is 79.8. The summed E-state index contributed by atoms with van der Waals surface area (Å²) in [4.78, 5) is 2.46. The van der Waals surface area contributed by atoms with E-state index in [-0.39, 0.29) is 5.41 Å². The topological polar surface area (TPSA) is 21.3 Å².